The van der Waals surface area contributed by atoms with Gasteiger partial charge in [0.2, 0.25) is 0 Å². The van der Waals surface area contributed by atoms with Crippen LogP contribution in [-0.2, 0) is 19.6 Å². The summed E-state index contributed by atoms with van der Waals surface area (Å²) in [5.74, 6) is -1.12. The normalized spacial score (nSPS) is 11.4. The van der Waals surface area contributed by atoms with Crippen LogP contribution in [0.15, 0.2) is 4.79 Å². The number of ether oxygens (including phenoxy) is 1. The predicted octanol–water partition coefficient (Wildman–Crippen LogP) is -0.427. The highest BCUT2D eigenvalue weighted by molar-refractivity contribution is 8.69. The van der Waals surface area contributed by atoms with E-state index in [1.54, 1.807) is 6.92 Å². The lowest BCUT2D eigenvalue weighted by Gasteiger charge is -2.05. The lowest BCUT2D eigenvalue weighted by atomic mass is 10.3. The molecular weight excluding hydrogens is 272 g/mol. The quantitative estimate of drug-likeness (QED) is 0.425. The Kier molecular flexibility index (Phi) is 4.37. The second-order valence-electron chi connectivity index (χ2n) is 2.82. The topological polar surface area (TPSA) is 132 Å². The van der Waals surface area contributed by atoms with E-state index >= 15 is 0 Å². The first-order valence-electron chi connectivity index (χ1n) is 4.42. The molecule has 2 N–H and O–H groups in total. The van der Waals surface area contributed by atoms with Crippen LogP contribution in [0.1, 0.15) is 23.1 Å². The zero-order chi connectivity index (χ0) is 13.1. The number of H-pyrrole nitrogens is 2. The number of hydrogen-bond donors (Lipinski definition) is 2. The Labute approximate surface area is 99.9 Å². The number of imidazole rings is 1. The van der Waals surface area contributed by atoms with Crippen molar-refractivity contribution < 1.29 is 22.5 Å². The molecule has 17 heavy (non-hydrogen) atoms. The molecule has 0 bridgehead atoms. The zero-order valence-electron chi connectivity index (χ0n) is 8.68. The molecule has 0 amide bonds. The van der Waals surface area contributed by atoms with Crippen LogP contribution in [0.25, 0.3) is 0 Å². The van der Waals surface area contributed by atoms with Gasteiger partial charge < -0.3 is 14.3 Å². The Morgan fingerprint density at radius 2 is 2.12 bits per heavy atom. The van der Waals surface area contributed by atoms with Crippen LogP contribution in [0, 0.1) is 0 Å². The summed E-state index contributed by atoms with van der Waals surface area (Å²) in [6.07, 6.45) is 0. The fourth-order valence-electron chi connectivity index (χ4n) is 1.04. The van der Waals surface area contributed by atoms with Crippen LogP contribution in [0.4, 0.5) is 0 Å². The number of aromatic nitrogens is 2. The summed E-state index contributed by atoms with van der Waals surface area (Å²) in [5, 5.41) is 0. The number of hydrogen-bond acceptors (Lipinski definition) is 7. The number of aromatic amines is 2. The van der Waals surface area contributed by atoms with Crippen molar-refractivity contribution in [3.05, 3.63) is 21.9 Å². The molecule has 0 saturated heterocycles. The van der Waals surface area contributed by atoms with Gasteiger partial charge in [-0.05, 0) is 17.7 Å². The molecule has 0 aliphatic rings. The van der Waals surface area contributed by atoms with Crippen LogP contribution < -0.4 is 5.69 Å². The molecule has 0 aliphatic heterocycles. The average molecular weight is 281 g/mol. The van der Waals surface area contributed by atoms with Crippen molar-refractivity contribution in [3.63, 3.8) is 0 Å². The first-order chi connectivity index (χ1) is 7.83. The van der Waals surface area contributed by atoms with E-state index in [0.717, 1.165) is 0 Å². The molecule has 0 aliphatic carbocycles. The fourth-order valence-corrected chi connectivity index (χ4v) is 2.30. The van der Waals surface area contributed by atoms with E-state index in [0.29, 0.717) is 0 Å². The predicted molar refractivity (Wildman–Crippen MR) is 58.4 cm³/mol. The summed E-state index contributed by atoms with van der Waals surface area (Å²) in [6.45, 7) is 1.69. The van der Waals surface area contributed by atoms with Gasteiger partial charge in [-0.1, -0.05) is 0 Å². The Morgan fingerprint density at radius 1 is 1.47 bits per heavy atom. The number of esters is 1. The van der Waals surface area contributed by atoms with Crippen molar-refractivity contribution in [1.82, 2.24) is 9.97 Å². The summed E-state index contributed by atoms with van der Waals surface area (Å²) >= 11 is 0. The molecule has 0 fully saturated rings. The molecule has 1 rings (SSSR count). The Hall–Kier alpha value is -1.26. The van der Waals surface area contributed by atoms with E-state index in [-0.39, 0.29) is 34.5 Å². The van der Waals surface area contributed by atoms with Crippen LogP contribution >= 0.6 is 10.8 Å². The fraction of sp³-hybridized carbons (Fsp3) is 0.429. The third-order valence-electron chi connectivity index (χ3n) is 1.63. The molecule has 0 unspecified atom stereocenters. The van der Waals surface area contributed by atoms with Crippen molar-refractivity contribution in [3.8, 4) is 0 Å². The van der Waals surface area contributed by atoms with E-state index < -0.39 is 20.8 Å². The largest absolute Gasteiger partial charge is 0.739 e. The highest BCUT2D eigenvalue weighted by atomic mass is 33.1. The highest BCUT2D eigenvalue weighted by Gasteiger charge is 2.17. The highest BCUT2D eigenvalue weighted by Crippen LogP contribution is 2.17. The minimum absolute atomic E-state index is 0.0119. The smallest absolute Gasteiger partial charge is 0.356 e. The summed E-state index contributed by atoms with van der Waals surface area (Å²) in [5.41, 5.74) is -0.835. The van der Waals surface area contributed by atoms with Gasteiger partial charge in [-0.2, -0.15) is 0 Å². The molecule has 0 spiro atoms. The number of carbonyl (C=O) groups excluding carboxylic acids is 1. The van der Waals surface area contributed by atoms with E-state index in [1.807, 2.05) is 0 Å². The van der Waals surface area contributed by atoms with Crippen LogP contribution in [-0.4, -0.2) is 35.5 Å². The van der Waals surface area contributed by atoms with E-state index in [1.165, 1.54) is 0 Å². The second-order valence-corrected chi connectivity index (χ2v) is 6.10. The van der Waals surface area contributed by atoms with Crippen LogP contribution in [0.2, 0.25) is 0 Å². The lowest BCUT2D eigenvalue weighted by molar-refractivity contribution is 0.0519. The molecule has 10 heteroatoms. The molecule has 96 valence electrons. The Morgan fingerprint density at radius 3 is 2.65 bits per heavy atom. The number of rotatable bonds is 5. The minimum Gasteiger partial charge on any atom is -0.739 e. The van der Waals surface area contributed by atoms with Gasteiger partial charge in [0.15, 0.2) is 0 Å². The van der Waals surface area contributed by atoms with Crippen LogP contribution in [0.5, 0.6) is 0 Å². The standard InChI is InChI=1S/C7H10N2O6S2/c1-2-15-6(10)5-4(8-7(11)9-5)3-16-17(12,13)14/h2-3H2,1H3,(H2,8,9,11)(H,12,13,14)/p-1. The van der Waals surface area contributed by atoms with Gasteiger partial charge in [0, 0.05) is 0 Å². The second kappa shape index (κ2) is 5.38. The van der Waals surface area contributed by atoms with Gasteiger partial charge in [-0.3, -0.25) is 4.98 Å². The molecule has 0 aromatic carbocycles. The first-order valence-corrected chi connectivity index (χ1v) is 7.33. The molecule has 1 aromatic heterocycles. The third-order valence-corrected chi connectivity index (χ3v) is 3.55. The molecule has 0 atom stereocenters. The summed E-state index contributed by atoms with van der Waals surface area (Å²) in [4.78, 5) is 26.7. The monoisotopic (exact) mass is 281 g/mol. The summed E-state index contributed by atoms with van der Waals surface area (Å²) in [6, 6.07) is 0. The van der Waals surface area contributed by atoms with Crippen molar-refractivity contribution in [2.24, 2.45) is 0 Å². The molecule has 1 aromatic rings. The summed E-state index contributed by atoms with van der Waals surface area (Å²) in [7, 11) is -4.42. The molecule has 0 radical (unpaired) electrons. The van der Waals surface area contributed by atoms with Crippen molar-refractivity contribution in [2.45, 2.75) is 12.7 Å². The van der Waals surface area contributed by atoms with E-state index in [9.17, 15) is 22.6 Å². The SMILES string of the molecule is CCOC(=O)c1[nH]c(=O)[nH]c1CSS(=O)(=O)[O-]. The Bertz CT molecular complexity index is 557. The Balaban J connectivity index is 2.92. The van der Waals surface area contributed by atoms with Crippen molar-refractivity contribution in [1.29, 1.82) is 0 Å². The van der Waals surface area contributed by atoms with Gasteiger partial charge in [-0.25, -0.2) is 18.0 Å². The van der Waals surface area contributed by atoms with Gasteiger partial charge in [-0.15, -0.1) is 0 Å². The summed E-state index contributed by atoms with van der Waals surface area (Å²) < 4.78 is 35.9. The maximum Gasteiger partial charge on any atom is 0.356 e. The zero-order valence-corrected chi connectivity index (χ0v) is 10.3. The maximum atomic E-state index is 11.4. The number of carbonyl (C=O) groups is 1. The van der Waals surface area contributed by atoms with Crippen molar-refractivity contribution in [2.75, 3.05) is 6.61 Å². The minimum atomic E-state index is -4.49. The van der Waals surface area contributed by atoms with Gasteiger partial charge >= 0.3 is 11.7 Å². The van der Waals surface area contributed by atoms with Crippen molar-refractivity contribution >= 4 is 25.9 Å². The lowest BCUT2D eigenvalue weighted by Crippen LogP contribution is -2.09. The van der Waals surface area contributed by atoms with Gasteiger partial charge in [0.05, 0.1) is 18.1 Å². The van der Waals surface area contributed by atoms with Gasteiger partial charge in [0.1, 0.15) is 14.8 Å². The van der Waals surface area contributed by atoms with E-state index in [2.05, 4.69) is 14.7 Å². The number of nitrogens with one attached hydrogen (secondary N) is 2. The average Bonchev–Trinajstić information content (AvgIpc) is 2.56. The maximum absolute atomic E-state index is 11.4. The van der Waals surface area contributed by atoms with E-state index in [4.69, 9.17) is 0 Å². The van der Waals surface area contributed by atoms with Gasteiger partial charge in [0.25, 0.3) is 0 Å². The molecule has 0 saturated carbocycles. The molecular formula is C7H9N2O6S2-. The van der Waals surface area contributed by atoms with Crippen LogP contribution in [0.3, 0.4) is 0 Å². The third kappa shape index (κ3) is 4.24. The molecule has 1 heterocycles. The molecule has 8 nitrogen and oxygen atoms in total. The first kappa shape index (κ1) is 13.8.